The summed E-state index contributed by atoms with van der Waals surface area (Å²) in [7, 11) is -3.13. The lowest BCUT2D eigenvalue weighted by molar-refractivity contribution is 0.0459. The van der Waals surface area contributed by atoms with Crippen molar-refractivity contribution in [3.63, 3.8) is 0 Å². The van der Waals surface area contributed by atoms with Crippen LogP contribution >= 0.6 is 0 Å². The molecule has 94 valence electrons. The number of amides is 1. The van der Waals surface area contributed by atoms with E-state index in [0.29, 0.717) is 13.1 Å². The van der Waals surface area contributed by atoms with E-state index in [1.54, 1.807) is 20.8 Å². The number of carbonyl (C=O) groups is 1. The molecule has 0 saturated carbocycles. The first-order chi connectivity index (χ1) is 7.08. The maximum atomic E-state index is 11.3. The van der Waals surface area contributed by atoms with Gasteiger partial charge in [-0.3, -0.25) is 0 Å². The Kier molecular flexibility index (Phi) is 3.49. The maximum absolute atomic E-state index is 11.3. The lowest BCUT2D eigenvalue weighted by Crippen LogP contribution is -2.61. The zero-order valence-electron chi connectivity index (χ0n) is 9.98. The van der Waals surface area contributed by atoms with Crippen LogP contribution in [0, 0.1) is 0 Å². The average molecular weight is 250 g/mol. The van der Waals surface area contributed by atoms with Gasteiger partial charge in [0.25, 0.3) is 0 Å². The lowest BCUT2D eigenvalue weighted by Gasteiger charge is -2.37. The number of nitrogens with one attached hydrogen (secondary N) is 1. The van der Waals surface area contributed by atoms with Crippen molar-refractivity contribution >= 4 is 16.1 Å². The van der Waals surface area contributed by atoms with E-state index in [1.165, 1.54) is 4.31 Å². The van der Waals surface area contributed by atoms with Crippen LogP contribution in [-0.4, -0.2) is 49.8 Å². The van der Waals surface area contributed by atoms with Crippen LogP contribution in [-0.2, 0) is 14.8 Å². The summed E-state index contributed by atoms with van der Waals surface area (Å²) < 4.78 is 28.5. The van der Waals surface area contributed by atoms with Crippen molar-refractivity contribution in [1.29, 1.82) is 0 Å². The molecule has 0 aliphatic carbocycles. The van der Waals surface area contributed by atoms with Crippen LogP contribution in [0.1, 0.15) is 20.8 Å². The Balaban J connectivity index is 2.31. The van der Waals surface area contributed by atoms with Crippen molar-refractivity contribution in [3.05, 3.63) is 0 Å². The van der Waals surface area contributed by atoms with Gasteiger partial charge in [0, 0.05) is 13.1 Å². The SMILES string of the molecule is CC(C)(C)OC(=O)NC1CN(S(C)(=O)=O)C1. The molecule has 1 heterocycles. The molecule has 16 heavy (non-hydrogen) atoms. The minimum atomic E-state index is -3.13. The fraction of sp³-hybridized carbons (Fsp3) is 0.889. The minimum absolute atomic E-state index is 0.149. The van der Waals surface area contributed by atoms with Gasteiger partial charge in [0.1, 0.15) is 5.60 Å². The van der Waals surface area contributed by atoms with Crippen LogP contribution in [0.3, 0.4) is 0 Å². The number of alkyl carbamates (subject to hydrolysis) is 1. The summed E-state index contributed by atoms with van der Waals surface area (Å²) in [4.78, 5) is 11.3. The highest BCUT2D eigenvalue weighted by atomic mass is 32.2. The van der Waals surface area contributed by atoms with Crippen molar-refractivity contribution in [1.82, 2.24) is 9.62 Å². The molecule has 1 fully saturated rings. The molecule has 0 aromatic heterocycles. The largest absolute Gasteiger partial charge is 0.444 e. The number of hydrogen-bond acceptors (Lipinski definition) is 4. The quantitative estimate of drug-likeness (QED) is 0.757. The van der Waals surface area contributed by atoms with E-state index in [9.17, 15) is 13.2 Å². The molecule has 1 amide bonds. The molecule has 0 unspecified atom stereocenters. The Morgan fingerprint density at radius 3 is 2.25 bits per heavy atom. The second-order valence-corrected chi connectivity index (χ2v) is 6.91. The van der Waals surface area contributed by atoms with Gasteiger partial charge in [-0.05, 0) is 20.8 Å². The molecule has 0 aromatic carbocycles. The first-order valence-electron chi connectivity index (χ1n) is 5.02. The van der Waals surface area contributed by atoms with E-state index in [2.05, 4.69) is 5.32 Å². The molecule has 0 radical (unpaired) electrons. The highest BCUT2D eigenvalue weighted by molar-refractivity contribution is 7.88. The maximum Gasteiger partial charge on any atom is 0.407 e. The van der Waals surface area contributed by atoms with Gasteiger partial charge < -0.3 is 10.1 Å². The molecule has 1 rings (SSSR count). The van der Waals surface area contributed by atoms with E-state index in [1.807, 2.05) is 0 Å². The molecular formula is C9H18N2O4S. The third-order valence-corrected chi connectivity index (χ3v) is 3.27. The predicted molar refractivity (Wildman–Crippen MR) is 59.6 cm³/mol. The Morgan fingerprint density at radius 1 is 1.38 bits per heavy atom. The normalized spacial score (nSPS) is 19.0. The Hall–Kier alpha value is -0.820. The van der Waals surface area contributed by atoms with E-state index in [4.69, 9.17) is 4.74 Å². The number of rotatable bonds is 2. The molecule has 7 heteroatoms. The van der Waals surface area contributed by atoms with Crippen LogP contribution in [0.4, 0.5) is 4.79 Å². The summed E-state index contributed by atoms with van der Waals surface area (Å²) in [6.07, 6.45) is 0.641. The van der Waals surface area contributed by atoms with Gasteiger partial charge in [-0.15, -0.1) is 0 Å². The van der Waals surface area contributed by atoms with Gasteiger partial charge in [0.2, 0.25) is 10.0 Å². The molecule has 0 aromatic rings. The molecule has 0 atom stereocenters. The van der Waals surface area contributed by atoms with Gasteiger partial charge in [-0.25, -0.2) is 13.2 Å². The molecule has 0 bridgehead atoms. The second kappa shape index (κ2) is 4.21. The summed E-state index contributed by atoms with van der Waals surface area (Å²) in [5.74, 6) is 0. The van der Waals surface area contributed by atoms with Gasteiger partial charge in [-0.1, -0.05) is 0 Å². The summed E-state index contributed by atoms with van der Waals surface area (Å²) in [6, 6.07) is -0.149. The highest BCUT2D eigenvalue weighted by Gasteiger charge is 2.34. The van der Waals surface area contributed by atoms with Crippen LogP contribution in [0.25, 0.3) is 0 Å². The summed E-state index contributed by atoms with van der Waals surface area (Å²) in [5.41, 5.74) is -0.537. The average Bonchev–Trinajstić information content (AvgIpc) is 1.89. The van der Waals surface area contributed by atoms with Crippen LogP contribution in [0.2, 0.25) is 0 Å². The number of ether oxygens (including phenoxy) is 1. The van der Waals surface area contributed by atoms with Crippen molar-refractivity contribution in [2.24, 2.45) is 0 Å². The monoisotopic (exact) mass is 250 g/mol. The number of carbonyl (C=O) groups excluding carboxylic acids is 1. The van der Waals surface area contributed by atoms with Gasteiger partial charge in [-0.2, -0.15) is 4.31 Å². The standard InChI is InChI=1S/C9H18N2O4S/c1-9(2,3)15-8(12)10-7-5-11(6-7)16(4,13)14/h7H,5-6H2,1-4H3,(H,10,12). The Bertz CT molecular complexity index is 365. The molecule has 0 spiro atoms. The number of hydrogen-bond donors (Lipinski definition) is 1. The van der Waals surface area contributed by atoms with Crippen molar-refractivity contribution in [2.45, 2.75) is 32.4 Å². The van der Waals surface area contributed by atoms with Gasteiger partial charge in [0.15, 0.2) is 0 Å². The van der Waals surface area contributed by atoms with Gasteiger partial charge >= 0.3 is 6.09 Å². The molecule has 1 aliphatic rings. The smallest absolute Gasteiger partial charge is 0.407 e. The number of sulfonamides is 1. The van der Waals surface area contributed by atoms with E-state index in [0.717, 1.165) is 6.26 Å². The highest BCUT2D eigenvalue weighted by Crippen LogP contribution is 2.13. The van der Waals surface area contributed by atoms with Crippen molar-refractivity contribution in [3.8, 4) is 0 Å². The first kappa shape index (κ1) is 13.2. The summed E-state index contributed by atoms with van der Waals surface area (Å²) in [5, 5.41) is 2.61. The molecule has 6 nitrogen and oxygen atoms in total. The minimum Gasteiger partial charge on any atom is -0.444 e. The van der Waals surface area contributed by atoms with Crippen molar-refractivity contribution < 1.29 is 17.9 Å². The summed E-state index contributed by atoms with van der Waals surface area (Å²) in [6.45, 7) is 5.96. The zero-order chi connectivity index (χ0) is 12.6. The first-order valence-corrected chi connectivity index (χ1v) is 6.87. The number of nitrogens with zero attached hydrogens (tertiary/aromatic N) is 1. The van der Waals surface area contributed by atoms with Crippen molar-refractivity contribution in [2.75, 3.05) is 19.3 Å². The fourth-order valence-electron chi connectivity index (χ4n) is 1.27. The van der Waals surface area contributed by atoms with E-state index >= 15 is 0 Å². The molecular weight excluding hydrogens is 232 g/mol. The molecule has 1 N–H and O–H groups in total. The summed E-state index contributed by atoms with van der Waals surface area (Å²) >= 11 is 0. The van der Waals surface area contributed by atoms with Crippen LogP contribution in [0.5, 0.6) is 0 Å². The molecule has 1 aliphatic heterocycles. The van der Waals surface area contributed by atoms with E-state index < -0.39 is 21.7 Å². The Morgan fingerprint density at radius 2 is 1.88 bits per heavy atom. The third kappa shape index (κ3) is 3.97. The van der Waals surface area contributed by atoms with Crippen LogP contribution < -0.4 is 5.32 Å². The second-order valence-electron chi connectivity index (χ2n) is 4.92. The molecule has 1 saturated heterocycles. The predicted octanol–water partition coefficient (Wildman–Crippen LogP) is 0.155. The van der Waals surface area contributed by atoms with Gasteiger partial charge in [0.05, 0.1) is 12.3 Å². The lowest BCUT2D eigenvalue weighted by atomic mass is 10.2. The van der Waals surface area contributed by atoms with Crippen LogP contribution in [0.15, 0.2) is 0 Å². The fourth-order valence-corrected chi connectivity index (χ4v) is 2.18. The van der Waals surface area contributed by atoms with E-state index in [-0.39, 0.29) is 6.04 Å². The third-order valence-electron chi connectivity index (χ3n) is 2.04. The Labute approximate surface area is 96.0 Å². The zero-order valence-corrected chi connectivity index (χ0v) is 10.8. The topological polar surface area (TPSA) is 75.7 Å².